The molecule has 0 saturated heterocycles. The average molecular weight is 364 g/mol. The van der Waals surface area contributed by atoms with Gasteiger partial charge in [-0.25, -0.2) is 0 Å². The van der Waals surface area contributed by atoms with Crippen molar-refractivity contribution in [2.75, 3.05) is 13.7 Å². The fourth-order valence-corrected chi connectivity index (χ4v) is 3.23. The van der Waals surface area contributed by atoms with Gasteiger partial charge in [-0.2, -0.15) is 4.98 Å². The van der Waals surface area contributed by atoms with Crippen LogP contribution in [0.25, 0.3) is 11.4 Å². The van der Waals surface area contributed by atoms with Crippen molar-refractivity contribution >= 4 is 5.91 Å². The molecule has 138 valence electrons. The predicted octanol–water partition coefficient (Wildman–Crippen LogP) is 2.73. The number of hydrogen-bond donors (Lipinski definition) is 0. The lowest BCUT2D eigenvalue weighted by Gasteiger charge is -2.21. The second-order valence-corrected chi connectivity index (χ2v) is 6.59. The fourth-order valence-electron chi connectivity index (χ4n) is 3.23. The highest BCUT2D eigenvalue weighted by Gasteiger charge is 2.27. The molecule has 4 rings (SSSR count). The van der Waals surface area contributed by atoms with Crippen LogP contribution in [0.15, 0.2) is 53.3 Å². The maximum atomic E-state index is 12.9. The first-order valence-electron chi connectivity index (χ1n) is 8.89. The SMILES string of the molecule is CN(Cc1nc(-c2cccnc2)no1)C(=O)C1CCOc2ccccc2C1. The van der Waals surface area contributed by atoms with Crippen LogP contribution in [0.2, 0.25) is 0 Å². The number of aromatic nitrogens is 3. The van der Waals surface area contributed by atoms with Crippen LogP contribution >= 0.6 is 0 Å². The van der Waals surface area contributed by atoms with E-state index in [1.807, 2.05) is 36.4 Å². The summed E-state index contributed by atoms with van der Waals surface area (Å²) in [6.45, 7) is 0.804. The lowest BCUT2D eigenvalue weighted by molar-refractivity contribution is -0.135. The van der Waals surface area contributed by atoms with Gasteiger partial charge in [0.05, 0.1) is 13.2 Å². The first kappa shape index (κ1) is 17.2. The Morgan fingerprint density at radius 2 is 2.15 bits per heavy atom. The Labute approximate surface area is 157 Å². The maximum Gasteiger partial charge on any atom is 0.246 e. The number of pyridine rings is 1. The number of nitrogens with zero attached hydrogens (tertiary/aromatic N) is 4. The van der Waals surface area contributed by atoms with Gasteiger partial charge in [-0.1, -0.05) is 23.4 Å². The Morgan fingerprint density at radius 3 is 3.00 bits per heavy atom. The average Bonchev–Trinajstić information content (AvgIpc) is 3.05. The molecule has 1 aliphatic rings. The molecule has 0 N–H and O–H groups in total. The van der Waals surface area contributed by atoms with Gasteiger partial charge in [-0.15, -0.1) is 0 Å². The molecule has 0 aliphatic carbocycles. The molecular formula is C20H20N4O3. The largest absolute Gasteiger partial charge is 0.493 e. The van der Waals surface area contributed by atoms with Crippen molar-refractivity contribution in [3.8, 4) is 17.1 Å². The number of fused-ring (bicyclic) bond motifs is 1. The molecule has 3 heterocycles. The molecule has 0 bridgehead atoms. The van der Waals surface area contributed by atoms with Crippen LogP contribution in [0.3, 0.4) is 0 Å². The molecule has 0 fully saturated rings. The van der Waals surface area contributed by atoms with Crippen LogP contribution in [-0.4, -0.2) is 39.6 Å². The second kappa shape index (κ2) is 7.57. The fraction of sp³-hybridized carbons (Fsp3) is 0.300. The van der Waals surface area contributed by atoms with Gasteiger partial charge >= 0.3 is 0 Å². The molecule has 3 aromatic rings. The van der Waals surface area contributed by atoms with Gasteiger partial charge in [-0.3, -0.25) is 9.78 Å². The predicted molar refractivity (Wildman–Crippen MR) is 97.8 cm³/mol. The van der Waals surface area contributed by atoms with Gasteiger partial charge in [-0.05, 0) is 36.6 Å². The lowest BCUT2D eigenvalue weighted by atomic mass is 9.95. The van der Waals surface area contributed by atoms with Crippen LogP contribution in [0, 0.1) is 5.92 Å². The molecule has 0 radical (unpaired) electrons. The van der Waals surface area contributed by atoms with E-state index in [1.165, 1.54) is 0 Å². The maximum absolute atomic E-state index is 12.9. The van der Waals surface area contributed by atoms with Crippen molar-refractivity contribution in [3.63, 3.8) is 0 Å². The molecule has 0 saturated carbocycles. The molecule has 1 unspecified atom stereocenters. The molecule has 27 heavy (non-hydrogen) atoms. The molecule has 1 aromatic carbocycles. The Morgan fingerprint density at radius 1 is 1.26 bits per heavy atom. The minimum absolute atomic E-state index is 0.0523. The van der Waals surface area contributed by atoms with Crippen molar-refractivity contribution in [2.45, 2.75) is 19.4 Å². The number of carbonyl (C=O) groups is 1. The molecule has 1 amide bonds. The minimum atomic E-state index is -0.126. The van der Waals surface area contributed by atoms with E-state index in [0.717, 1.165) is 16.9 Å². The zero-order valence-electron chi connectivity index (χ0n) is 15.0. The van der Waals surface area contributed by atoms with Gasteiger partial charge in [0.25, 0.3) is 0 Å². The van der Waals surface area contributed by atoms with Crippen LogP contribution < -0.4 is 4.74 Å². The summed E-state index contributed by atoms with van der Waals surface area (Å²) in [6.07, 6.45) is 4.71. The number of rotatable bonds is 4. The summed E-state index contributed by atoms with van der Waals surface area (Å²) in [5.41, 5.74) is 1.84. The van der Waals surface area contributed by atoms with Crippen molar-refractivity contribution in [3.05, 3.63) is 60.2 Å². The summed E-state index contributed by atoms with van der Waals surface area (Å²) in [6, 6.07) is 11.6. The minimum Gasteiger partial charge on any atom is -0.493 e. The molecular weight excluding hydrogens is 344 g/mol. The second-order valence-electron chi connectivity index (χ2n) is 6.59. The van der Waals surface area contributed by atoms with Crippen molar-refractivity contribution in [2.24, 2.45) is 5.92 Å². The summed E-state index contributed by atoms with van der Waals surface area (Å²) < 4.78 is 11.1. The van der Waals surface area contributed by atoms with Crippen molar-refractivity contribution in [1.29, 1.82) is 0 Å². The number of amides is 1. The number of ether oxygens (including phenoxy) is 1. The van der Waals surface area contributed by atoms with E-state index in [0.29, 0.717) is 31.2 Å². The zero-order chi connectivity index (χ0) is 18.6. The monoisotopic (exact) mass is 364 g/mol. The van der Waals surface area contributed by atoms with Crippen LogP contribution in [0.1, 0.15) is 17.9 Å². The lowest BCUT2D eigenvalue weighted by Crippen LogP contribution is -2.34. The third-order valence-electron chi connectivity index (χ3n) is 4.65. The summed E-state index contributed by atoms with van der Waals surface area (Å²) >= 11 is 0. The normalized spacial score (nSPS) is 16.1. The van der Waals surface area contributed by atoms with Gasteiger partial charge < -0.3 is 14.2 Å². The van der Waals surface area contributed by atoms with E-state index in [9.17, 15) is 4.79 Å². The highest BCUT2D eigenvalue weighted by molar-refractivity contribution is 5.79. The molecule has 1 aliphatic heterocycles. The van der Waals surface area contributed by atoms with E-state index in [-0.39, 0.29) is 18.4 Å². The Hall–Kier alpha value is -3.22. The Kier molecular flexibility index (Phi) is 4.82. The number of carbonyl (C=O) groups excluding carboxylic acids is 1. The molecule has 0 spiro atoms. The number of para-hydroxylation sites is 1. The summed E-state index contributed by atoms with van der Waals surface area (Å²) in [7, 11) is 1.76. The number of hydrogen-bond acceptors (Lipinski definition) is 6. The molecule has 7 heteroatoms. The van der Waals surface area contributed by atoms with Gasteiger partial charge in [0, 0.05) is 30.9 Å². The van der Waals surface area contributed by atoms with Crippen LogP contribution in [0.5, 0.6) is 5.75 Å². The smallest absolute Gasteiger partial charge is 0.246 e. The molecule has 7 nitrogen and oxygen atoms in total. The Balaban J connectivity index is 1.43. The topological polar surface area (TPSA) is 81.4 Å². The van der Waals surface area contributed by atoms with E-state index in [4.69, 9.17) is 9.26 Å². The van der Waals surface area contributed by atoms with Crippen LogP contribution in [-0.2, 0) is 17.8 Å². The summed E-state index contributed by atoms with van der Waals surface area (Å²) in [5.74, 6) is 1.66. The van der Waals surface area contributed by atoms with E-state index >= 15 is 0 Å². The third-order valence-corrected chi connectivity index (χ3v) is 4.65. The van der Waals surface area contributed by atoms with Crippen LogP contribution in [0.4, 0.5) is 0 Å². The standard InChI is InChI=1S/C20H20N4O3/c1-24(13-18-22-19(23-27-18)16-6-4-9-21-12-16)20(25)15-8-10-26-17-7-3-2-5-14(17)11-15/h2-7,9,12,15H,8,10-11,13H2,1H3. The highest BCUT2D eigenvalue weighted by atomic mass is 16.5. The first-order chi connectivity index (χ1) is 13.2. The molecule has 2 aromatic heterocycles. The zero-order valence-corrected chi connectivity index (χ0v) is 15.0. The van der Waals surface area contributed by atoms with Crippen molar-refractivity contribution < 1.29 is 14.1 Å². The van der Waals surface area contributed by atoms with Gasteiger partial charge in [0.1, 0.15) is 5.75 Å². The van der Waals surface area contributed by atoms with Gasteiger partial charge in [0.15, 0.2) is 0 Å². The molecule has 1 atom stereocenters. The van der Waals surface area contributed by atoms with Crippen molar-refractivity contribution in [1.82, 2.24) is 20.0 Å². The third kappa shape index (κ3) is 3.81. The van der Waals surface area contributed by atoms with E-state index in [2.05, 4.69) is 15.1 Å². The van der Waals surface area contributed by atoms with E-state index < -0.39 is 0 Å². The summed E-state index contributed by atoms with van der Waals surface area (Å²) in [5, 5.41) is 3.97. The first-order valence-corrected chi connectivity index (χ1v) is 8.89. The number of benzene rings is 1. The van der Waals surface area contributed by atoms with Gasteiger partial charge in [0.2, 0.25) is 17.6 Å². The quantitative estimate of drug-likeness (QED) is 0.708. The van der Waals surface area contributed by atoms with E-state index in [1.54, 1.807) is 24.3 Å². The highest BCUT2D eigenvalue weighted by Crippen LogP contribution is 2.27. The Bertz CT molecular complexity index is 926. The summed E-state index contributed by atoms with van der Waals surface area (Å²) in [4.78, 5) is 23.0.